The molecule has 1 amide bonds. The molecule has 5 nitrogen and oxygen atoms in total. The topological polar surface area (TPSA) is 47.4 Å². The van der Waals surface area contributed by atoms with Gasteiger partial charge in [-0.15, -0.1) is 0 Å². The minimum Gasteiger partial charge on any atom is -0.496 e. The molecule has 1 aliphatic heterocycles. The minimum atomic E-state index is -0.380. The average Bonchev–Trinajstić information content (AvgIpc) is 3.14. The standard InChI is InChI=1S/C20H25N3O2/c1-15-12-21-22(13-15)14-16-6-5-11-23(16)19(24)20(9-10-20)17-7-3-4-8-18(17)25-2/h3-4,7-8,12-13,16H,5-6,9-11,14H2,1-2H3/t16-/m1/s1. The lowest BCUT2D eigenvalue weighted by Gasteiger charge is -2.30. The summed E-state index contributed by atoms with van der Waals surface area (Å²) in [5.41, 5.74) is 1.82. The number of carbonyl (C=O) groups excluding carboxylic acids is 1. The Kier molecular flexibility index (Phi) is 4.02. The number of hydrogen-bond donors (Lipinski definition) is 0. The smallest absolute Gasteiger partial charge is 0.233 e. The number of aryl methyl sites for hydroxylation is 1. The second kappa shape index (κ2) is 6.21. The first kappa shape index (κ1) is 16.2. The molecular weight excluding hydrogens is 314 g/mol. The van der Waals surface area contributed by atoms with Crippen LogP contribution in [0.2, 0.25) is 0 Å². The predicted molar refractivity (Wildman–Crippen MR) is 95.6 cm³/mol. The Balaban J connectivity index is 1.57. The van der Waals surface area contributed by atoms with Crippen LogP contribution in [0.1, 0.15) is 36.8 Å². The molecule has 2 heterocycles. The molecule has 0 radical (unpaired) electrons. The van der Waals surface area contributed by atoms with E-state index < -0.39 is 0 Å². The van der Waals surface area contributed by atoms with Crippen LogP contribution in [-0.2, 0) is 16.8 Å². The molecule has 4 rings (SSSR count). The van der Waals surface area contributed by atoms with Gasteiger partial charge in [0.05, 0.1) is 31.3 Å². The number of methoxy groups -OCH3 is 1. The average molecular weight is 339 g/mol. The summed E-state index contributed by atoms with van der Waals surface area (Å²) in [5.74, 6) is 1.09. The molecule has 1 aromatic heterocycles. The van der Waals surface area contributed by atoms with Crippen LogP contribution in [0.25, 0.3) is 0 Å². The summed E-state index contributed by atoms with van der Waals surface area (Å²) in [5, 5.41) is 4.40. The number of amides is 1. The number of ether oxygens (including phenoxy) is 1. The van der Waals surface area contributed by atoms with Gasteiger partial charge >= 0.3 is 0 Å². The lowest BCUT2D eigenvalue weighted by atomic mass is 9.93. The summed E-state index contributed by atoms with van der Waals surface area (Å²) in [4.78, 5) is 15.5. The van der Waals surface area contributed by atoms with Crippen molar-refractivity contribution in [2.45, 2.75) is 50.6 Å². The largest absolute Gasteiger partial charge is 0.496 e. The van der Waals surface area contributed by atoms with E-state index in [1.165, 1.54) is 0 Å². The second-order valence-electron chi connectivity index (χ2n) is 7.32. The van der Waals surface area contributed by atoms with Gasteiger partial charge in [-0.25, -0.2) is 0 Å². The monoisotopic (exact) mass is 339 g/mol. The van der Waals surface area contributed by atoms with Crippen molar-refractivity contribution in [3.05, 3.63) is 47.8 Å². The fourth-order valence-electron chi connectivity index (χ4n) is 4.11. The number of likely N-dealkylation sites (tertiary alicyclic amines) is 1. The predicted octanol–water partition coefficient (Wildman–Crippen LogP) is 2.92. The summed E-state index contributed by atoms with van der Waals surface area (Å²) in [6, 6.07) is 8.20. The first-order valence-electron chi connectivity index (χ1n) is 9.08. The van der Waals surface area contributed by atoms with Crippen molar-refractivity contribution in [3.8, 4) is 5.75 Å². The van der Waals surface area contributed by atoms with Gasteiger partial charge in [0.25, 0.3) is 0 Å². The fraction of sp³-hybridized carbons (Fsp3) is 0.500. The molecule has 132 valence electrons. The van der Waals surface area contributed by atoms with Crippen LogP contribution in [0.4, 0.5) is 0 Å². The van der Waals surface area contributed by atoms with Gasteiger partial charge in [0, 0.05) is 18.3 Å². The highest BCUT2D eigenvalue weighted by Crippen LogP contribution is 2.53. The lowest BCUT2D eigenvalue weighted by molar-refractivity contribution is -0.135. The van der Waals surface area contributed by atoms with Crippen LogP contribution in [0, 0.1) is 6.92 Å². The van der Waals surface area contributed by atoms with Gasteiger partial charge in [-0.05, 0) is 44.2 Å². The molecule has 2 fully saturated rings. The molecule has 1 aromatic carbocycles. The van der Waals surface area contributed by atoms with E-state index in [2.05, 4.69) is 10.00 Å². The molecule has 2 aliphatic rings. The summed E-state index contributed by atoms with van der Waals surface area (Å²) in [6.07, 6.45) is 7.87. The van der Waals surface area contributed by atoms with Gasteiger partial charge in [-0.3, -0.25) is 9.48 Å². The molecule has 0 bridgehead atoms. The maximum Gasteiger partial charge on any atom is 0.233 e. The molecular formula is C20H25N3O2. The summed E-state index contributed by atoms with van der Waals surface area (Å²) in [7, 11) is 1.68. The molecule has 1 aliphatic carbocycles. The molecule has 5 heteroatoms. The number of para-hydroxylation sites is 1. The molecule has 1 saturated carbocycles. The van der Waals surface area contributed by atoms with Crippen molar-refractivity contribution in [2.75, 3.05) is 13.7 Å². The van der Waals surface area contributed by atoms with Gasteiger partial charge in [0.1, 0.15) is 5.75 Å². The number of aromatic nitrogens is 2. The van der Waals surface area contributed by atoms with Gasteiger partial charge < -0.3 is 9.64 Å². The van der Waals surface area contributed by atoms with E-state index in [-0.39, 0.29) is 17.4 Å². The highest BCUT2D eigenvalue weighted by molar-refractivity contribution is 5.92. The SMILES string of the molecule is COc1ccccc1C1(C(=O)N2CCC[C@@H]2Cn2cc(C)cn2)CC1. The van der Waals surface area contributed by atoms with E-state index in [0.29, 0.717) is 0 Å². The Bertz CT molecular complexity index is 779. The van der Waals surface area contributed by atoms with Crippen LogP contribution < -0.4 is 4.74 Å². The van der Waals surface area contributed by atoms with Crippen molar-refractivity contribution < 1.29 is 9.53 Å². The number of carbonyl (C=O) groups is 1. The van der Waals surface area contributed by atoms with Gasteiger partial charge in [-0.2, -0.15) is 5.10 Å². The molecule has 2 aromatic rings. The number of hydrogen-bond acceptors (Lipinski definition) is 3. The second-order valence-corrected chi connectivity index (χ2v) is 7.32. The first-order chi connectivity index (χ1) is 12.1. The summed E-state index contributed by atoms with van der Waals surface area (Å²) in [6.45, 7) is 3.67. The zero-order valence-corrected chi connectivity index (χ0v) is 14.9. The van der Waals surface area contributed by atoms with E-state index in [0.717, 1.165) is 55.6 Å². The van der Waals surface area contributed by atoms with Crippen LogP contribution in [0.15, 0.2) is 36.7 Å². The highest BCUT2D eigenvalue weighted by atomic mass is 16.5. The van der Waals surface area contributed by atoms with E-state index in [1.54, 1.807) is 7.11 Å². The Morgan fingerprint density at radius 3 is 2.84 bits per heavy atom. The third-order valence-electron chi connectivity index (χ3n) is 5.58. The number of nitrogens with zero attached hydrogens (tertiary/aromatic N) is 3. The molecule has 1 saturated heterocycles. The maximum atomic E-state index is 13.4. The number of rotatable bonds is 5. The third-order valence-corrected chi connectivity index (χ3v) is 5.58. The Labute approximate surface area is 148 Å². The molecule has 0 spiro atoms. The van der Waals surface area contributed by atoms with Crippen molar-refractivity contribution in [1.82, 2.24) is 14.7 Å². The van der Waals surface area contributed by atoms with Gasteiger partial charge in [0.15, 0.2) is 0 Å². The molecule has 1 atom stereocenters. The first-order valence-corrected chi connectivity index (χ1v) is 9.08. The molecule has 25 heavy (non-hydrogen) atoms. The zero-order valence-electron chi connectivity index (χ0n) is 14.9. The Morgan fingerprint density at radius 1 is 1.36 bits per heavy atom. The van der Waals surface area contributed by atoms with Crippen LogP contribution in [0.3, 0.4) is 0 Å². The van der Waals surface area contributed by atoms with Crippen molar-refractivity contribution >= 4 is 5.91 Å². The zero-order chi connectivity index (χ0) is 17.4. The Morgan fingerprint density at radius 2 is 2.16 bits per heavy atom. The van der Waals surface area contributed by atoms with Crippen molar-refractivity contribution in [2.24, 2.45) is 0 Å². The quantitative estimate of drug-likeness (QED) is 0.841. The van der Waals surface area contributed by atoms with E-state index in [9.17, 15) is 4.79 Å². The van der Waals surface area contributed by atoms with Crippen LogP contribution >= 0.6 is 0 Å². The maximum absolute atomic E-state index is 13.4. The van der Waals surface area contributed by atoms with E-state index in [1.807, 2.05) is 48.3 Å². The van der Waals surface area contributed by atoms with E-state index in [4.69, 9.17) is 4.74 Å². The van der Waals surface area contributed by atoms with Crippen LogP contribution in [-0.4, -0.2) is 40.3 Å². The van der Waals surface area contributed by atoms with Crippen LogP contribution in [0.5, 0.6) is 5.75 Å². The fourth-order valence-corrected chi connectivity index (χ4v) is 4.11. The minimum absolute atomic E-state index is 0.235. The third kappa shape index (κ3) is 2.81. The molecule has 0 N–H and O–H groups in total. The van der Waals surface area contributed by atoms with Crippen molar-refractivity contribution in [3.63, 3.8) is 0 Å². The summed E-state index contributed by atoms with van der Waals surface area (Å²) < 4.78 is 7.49. The lowest BCUT2D eigenvalue weighted by Crippen LogP contribution is -2.44. The van der Waals surface area contributed by atoms with Crippen molar-refractivity contribution in [1.29, 1.82) is 0 Å². The van der Waals surface area contributed by atoms with Gasteiger partial charge in [-0.1, -0.05) is 18.2 Å². The van der Waals surface area contributed by atoms with Gasteiger partial charge in [0.2, 0.25) is 5.91 Å². The highest BCUT2D eigenvalue weighted by Gasteiger charge is 2.55. The normalized spacial score (nSPS) is 21.4. The van der Waals surface area contributed by atoms with E-state index >= 15 is 0 Å². The molecule has 0 unspecified atom stereocenters. The Hall–Kier alpha value is -2.30. The summed E-state index contributed by atoms with van der Waals surface area (Å²) >= 11 is 0. The number of benzene rings is 1.